The van der Waals surface area contributed by atoms with E-state index in [1.807, 2.05) is 0 Å². The van der Waals surface area contributed by atoms with Gasteiger partial charge in [-0.25, -0.2) is 0 Å². The molecule has 1 aromatic rings. The topological polar surface area (TPSA) is 55.1 Å². The molecule has 3 N–H and O–H groups in total. The Kier molecular flexibility index (Phi) is 4.71. The summed E-state index contributed by atoms with van der Waals surface area (Å²) in [6.07, 6.45) is 4.73. The van der Waals surface area contributed by atoms with Gasteiger partial charge in [-0.2, -0.15) is 0 Å². The molecule has 1 aromatic heterocycles. The van der Waals surface area contributed by atoms with Crippen LogP contribution in [0.25, 0.3) is 0 Å². The van der Waals surface area contributed by atoms with Crippen molar-refractivity contribution in [3.63, 3.8) is 0 Å². The molecule has 19 heavy (non-hydrogen) atoms. The van der Waals surface area contributed by atoms with Crippen molar-refractivity contribution < 1.29 is 4.79 Å². The van der Waals surface area contributed by atoms with Crippen LogP contribution in [-0.4, -0.2) is 16.4 Å². The van der Waals surface area contributed by atoms with Gasteiger partial charge < -0.3 is 11.1 Å². The van der Waals surface area contributed by atoms with E-state index >= 15 is 0 Å². The van der Waals surface area contributed by atoms with Crippen LogP contribution in [0.5, 0.6) is 0 Å². The number of halogens is 2. The van der Waals surface area contributed by atoms with Crippen LogP contribution in [0.4, 0.5) is 0 Å². The number of thiophene rings is 1. The zero-order valence-corrected chi connectivity index (χ0v) is 13.3. The first-order chi connectivity index (χ1) is 8.94. The standard InChI is InChI=1S/C12H14Cl2N2OS2/c13-8-6-7(9(14)19-8)10(17)16-12(11(15)18)4-2-1-3-5-12/h6H,1-5H2,(H2,15,18)(H,16,17). The molecule has 1 saturated carbocycles. The van der Waals surface area contributed by atoms with Crippen LogP contribution in [0, 0.1) is 0 Å². The third-order valence-electron chi connectivity index (χ3n) is 3.43. The number of carbonyl (C=O) groups excluding carboxylic acids is 1. The van der Waals surface area contributed by atoms with Crippen LogP contribution < -0.4 is 11.1 Å². The van der Waals surface area contributed by atoms with Gasteiger partial charge in [-0.3, -0.25) is 4.79 Å². The van der Waals surface area contributed by atoms with E-state index in [1.165, 1.54) is 11.3 Å². The minimum Gasteiger partial charge on any atom is -0.391 e. The van der Waals surface area contributed by atoms with Gasteiger partial charge in [-0.15, -0.1) is 11.3 Å². The molecule has 2 rings (SSSR count). The molecule has 1 fully saturated rings. The Labute approximate surface area is 131 Å². The lowest BCUT2D eigenvalue weighted by Gasteiger charge is -2.37. The molecule has 104 valence electrons. The van der Waals surface area contributed by atoms with Crippen molar-refractivity contribution in [1.82, 2.24) is 5.32 Å². The van der Waals surface area contributed by atoms with Crippen LogP contribution >= 0.6 is 46.8 Å². The molecular weight excluding hydrogens is 323 g/mol. The molecule has 0 aliphatic heterocycles. The molecule has 0 aromatic carbocycles. The zero-order valence-electron chi connectivity index (χ0n) is 10.2. The highest BCUT2D eigenvalue weighted by molar-refractivity contribution is 7.80. The van der Waals surface area contributed by atoms with Gasteiger partial charge in [-0.05, 0) is 18.9 Å². The average molecular weight is 337 g/mol. The second-order valence-electron chi connectivity index (χ2n) is 4.70. The van der Waals surface area contributed by atoms with E-state index in [0.717, 1.165) is 32.1 Å². The SMILES string of the molecule is NC(=S)C1(NC(=O)c2cc(Cl)sc2Cl)CCCCC1. The fraction of sp³-hybridized carbons (Fsp3) is 0.500. The summed E-state index contributed by atoms with van der Waals surface area (Å²) in [6, 6.07) is 1.57. The molecule has 1 amide bonds. The van der Waals surface area contributed by atoms with Crippen molar-refractivity contribution in [2.24, 2.45) is 5.73 Å². The average Bonchev–Trinajstić information content (AvgIpc) is 2.69. The van der Waals surface area contributed by atoms with Crippen molar-refractivity contribution in [2.75, 3.05) is 0 Å². The summed E-state index contributed by atoms with van der Waals surface area (Å²) < 4.78 is 0.875. The maximum absolute atomic E-state index is 12.3. The van der Waals surface area contributed by atoms with E-state index in [9.17, 15) is 4.79 Å². The highest BCUT2D eigenvalue weighted by Gasteiger charge is 2.37. The van der Waals surface area contributed by atoms with Crippen LogP contribution in [0.15, 0.2) is 6.07 Å². The Bertz CT molecular complexity index is 510. The van der Waals surface area contributed by atoms with Gasteiger partial charge in [0.2, 0.25) is 0 Å². The molecule has 0 unspecified atom stereocenters. The molecule has 1 heterocycles. The molecule has 0 radical (unpaired) electrons. The normalized spacial score (nSPS) is 18.0. The lowest BCUT2D eigenvalue weighted by Crippen LogP contribution is -2.57. The minimum atomic E-state index is -0.581. The number of amides is 1. The van der Waals surface area contributed by atoms with Crippen LogP contribution in [0.2, 0.25) is 8.67 Å². The van der Waals surface area contributed by atoms with Crippen LogP contribution in [0.1, 0.15) is 42.5 Å². The van der Waals surface area contributed by atoms with E-state index in [1.54, 1.807) is 6.07 Å². The zero-order chi connectivity index (χ0) is 14.0. The lowest BCUT2D eigenvalue weighted by atomic mass is 9.81. The fourth-order valence-electron chi connectivity index (χ4n) is 2.37. The summed E-state index contributed by atoms with van der Waals surface area (Å²) >= 11 is 18.2. The summed E-state index contributed by atoms with van der Waals surface area (Å²) in [7, 11) is 0. The highest BCUT2D eigenvalue weighted by Crippen LogP contribution is 2.33. The predicted octanol–water partition coefficient (Wildman–Crippen LogP) is 3.77. The van der Waals surface area contributed by atoms with Gasteiger partial charge in [0.25, 0.3) is 5.91 Å². The summed E-state index contributed by atoms with van der Waals surface area (Å²) in [5.41, 5.74) is 5.64. The van der Waals surface area contributed by atoms with Gasteiger partial charge in [0.15, 0.2) is 0 Å². The largest absolute Gasteiger partial charge is 0.391 e. The van der Waals surface area contributed by atoms with Gasteiger partial charge in [-0.1, -0.05) is 54.7 Å². The van der Waals surface area contributed by atoms with Crippen LogP contribution in [0.3, 0.4) is 0 Å². The molecule has 0 spiro atoms. The summed E-state index contributed by atoms with van der Waals surface area (Å²) in [5, 5.41) is 2.96. The first-order valence-electron chi connectivity index (χ1n) is 6.02. The van der Waals surface area contributed by atoms with Gasteiger partial charge in [0, 0.05) is 0 Å². The van der Waals surface area contributed by atoms with Crippen molar-refractivity contribution in [2.45, 2.75) is 37.6 Å². The number of rotatable bonds is 3. The van der Waals surface area contributed by atoms with Crippen molar-refractivity contribution in [1.29, 1.82) is 0 Å². The van der Waals surface area contributed by atoms with E-state index in [0.29, 0.717) is 19.2 Å². The molecule has 3 nitrogen and oxygen atoms in total. The Balaban J connectivity index is 2.20. The van der Waals surface area contributed by atoms with Crippen molar-refractivity contribution in [3.8, 4) is 0 Å². The number of hydrogen-bond acceptors (Lipinski definition) is 3. The smallest absolute Gasteiger partial charge is 0.254 e. The van der Waals surface area contributed by atoms with E-state index < -0.39 is 5.54 Å². The summed E-state index contributed by atoms with van der Waals surface area (Å²) in [6.45, 7) is 0. The molecule has 7 heteroatoms. The Morgan fingerprint density at radius 2 is 2.00 bits per heavy atom. The summed E-state index contributed by atoms with van der Waals surface area (Å²) in [5.74, 6) is -0.261. The van der Waals surface area contributed by atoms with Crippen molar-refractivity contribution >= 4 is 57.7 Å². The Hall–Kier alpha value is -0.360. The Morgan fingerprint density at radius 1 is 1.37 bits per heavy atom. The number of nitrogens with one attached hydrogen (secondary N) is 1. The molecule has 0 saturated heterocycles. The quantitative estimate of drug-likeness (QED) is 0.826. The molecule has 0 atom stereocenters. The molecule has 1 aliphatic rings. The number of hydrogen-bond donors (Lipinski definition) is 2. The summed E-state index contributed by atoms with van der Waals surface area (Å²) in [4.78, 5) is 12.6. The van der Waals surface area contributed by atoms with E-state index in [-0.39, 0.29) is 5.91 Å². The molecule has 0 bridgehead atoms. The van der Waals surface area contributed by atoms with Gasteiger partial charge in [0.1, 0.15) is 4.34 Å². The Morgan fingerprint density at radius 3 is 2.47 bits per heavy atom. The monoisotopic (exact) mass is 336 g/mol. The maximum atomic E-state index is 12.3. The lowest BCUT2D eigenvalue weighted by molar-refractivity contribution is 0.0909. The van der Waals surface area contributed by atoms with E-state index in [4.69, 9.17) is 41.2 Å². The first kappa shape index (κ1) is 15.0. The fourth-order valence-corrected chi connectivity index (χ4v) is 4.08. The molecular formula is C12H14Cl2N2OS2. The van der Waals surface area contributed by atoms with Crippen LogP contribution in [-0.2, 0) is 0 Å². The minimum absolute atomic E-state index is 0.261. The number of thiocarbonyl (C=S) groups is 1. The maximum Gasteiger partial charge on any atom is 0.254 e. The van der Waals surface area contributed by atoms with Gasteiger partial charge >= 0.3 is 0 Å². The predicted molar refractivity (Wildman–Crippen MR) is 84.4 cm³/mol. The second-order valence-corrected chi connectivity index (χ2v) is 7.42. The number of carbonyl (C=O) groups is 1. The van der Waals surface area contributed by atoms with Crippen molar-refractivity contribution in [3.05, 3.63) is 20.3 Å². The molecule has 1 aliphatic carbocycles. The highest BCUT2D eigenvalue weighted by atomic mass is 35.5. The first-order valence-corrected chi connectivity index (χ1v) is 8.00. The third kappa shape index (κ3) is 3.21. The van der Waals surface area contributed by atoms with E-state index in [2.05, 4.69) is 5.32 Å². The number of nitrogens with two attached hydrogens (primary N) is 1. The van der Waals surface area contributed by atoms with Gasteiger partial charge in [0.05, 0.1) is 20.4 Å². The second kappa shape index (κ2) is 5.95. The third-order valence-corrected chi connectivity index (χ3v) is 5.31.